The number of nitrogens with zero attached hydrogens (tertiary/aromatic N) is 2. The number of amides is 1. The molecular formula is C23H21N3O5. The zero-order chi connectivity index (χ0) is 21.8. The number of oxazole rings is 1. The molecule has 0 saturated carbocycles. The second kappa shape index (κ2) is 8.85. The Kier molecular flexibility index (Phi) is 5.81. The van der Waals surface area contributed by atoms with Crippen molar-refractivity contribution in [2.75, 3.05) is 26.6 Å². The van der Waals surface area contributed by atoms with E-state index in [9.17, 15) is 4.79 Å². The highest BCUT2D eigenvalue weighted by molar-refractivity contribution is 6.05. The molecule has 0 aliphatic heterocycles. The number of pyridine rings is 1. The summed E-state index contributed by atoms with van der Waals surface area (Å²) in [4.78, 5) is 21.8. The van der Waals surface area contributed by atoms with Crippen LogP contribution in [-0.2, 0) is 19.0 Å². The summed E-state index contributed by atoms with van der Waals surface area (Å²) in [7, 11) is 4.56. The zero-order valence-electron chi connectivity index (χ0n) is 17.3. The van der Waals surface area contributed by atoms with E-state index in [1.165, 1.54) is 14.2 Å². The monoisotopic (exact) mass is 419 g/mol. The van der Waals surface area contributed by atoms with Crippen LogP contribution in [0, 0.1) is 0 Å². The molecule has 1 aliphatic rings. The third-order valence-corrected chi connectivity index (χ3v) is 4.75. The Bertz CT molecular complexity index is 1180. The first-order valence-corrected chi connectivity index (χ1v) is 9.51. The summed E-state index contributed by atoms with van der Waals surface area (Å²) in [5, 5.41) is 2.90. The molecule has 0 spiro atoms. The van der Waals surface area contributed by atoms with Gasteiger partial charge in [-0.25, -0.2) is 4.98 Å². The van der Waals surface area contributed by atoms with Crippen molar-refractivity contribution < 1.29 is 23.4 Å². The van der Waals surface area contributed by atoms with E-state index in [4.69, 9.17) is 18.6 Å². The lowest BCUT2D eigenvalue weighted by Gasteiger charge is -2.17. The van der Waals surface area contributed by atoms with Crippen LogP contribution < -0.4 is 5.32 Å². The number of anilines is 1. The van der Waals surface area contributed by atoms with Gasteiger partial charge in [0.25, 0.3) is 5.91 Å². The van der Waals surface area contributed by atoms with Crippen LogP contribution in [0.1, 0.15) is 0 Å². The molecule has 2 heterocycles. The van der Waals surface area contributed by atoms with Gasteiger partial charge in [-0.05, 0) is 42.5 Å². The van der Waals surface area contributed by atoms with Crippen molar-refractivity contribution in [3.8, 4) is 11.5 Å². The van der Waals surface area contributed by atoms with Gasteiger partial charge in [0.05, 0.1) is 19.8 Å². The summed E-state index contributed by atoms with van der Waals surface area (Å²) in [6.07, 6.45) is 6.16. The predicted molar refractivity (Wildman–Crippen MR) is 115 cm³/mol. The molecule has 1 aliphatic carbocycles. The molecule has 0 bridgehead atoms. The Morgan fingerprint density at radius 3 is 2.74 bits per heavy atom. The van der Waals surface area contributed by atoms with Crippen molar-refractivity contribution in [1.82, 2.24) is 9.97 Å². The van der Waals surface area contributed by atoms with Crippen molar-refractivity contribution >= 4 is 22.8 Å². The molecule has 1 N–H and O–H groups in total. The largest absolute Gasteiger partial charge is 0.497 e. The van der Waals surface area contributed by atoms with Gasteiger partial charge < -0.3 is 23.9 Å². The SMILES string of the molecule is COC1=CC(OC)=C(C(=O)Nc2cccc(-c3nc4ncccc4o3)c2)C(OC)C=C1. The number of allylic oxidation sites excluding steroid dienone is 2. The third-order valence-electron chi connectivity index (χ3n) is 4.75. The average molecular weight is 419 g/mol. The highest BCUT2D eigenvalue weighted by Gasteiger charge is 2.26. The summed E-state index contributed by atoms with van der Waals surface area (Å²) in [6, 6.07) is 10.8. The molecule has 3 aromatic rings. The van der Waals surface area contributed by atoms with Gasteiger partial charge in [-0.1, -0.05) is 6.07 Å². The molecule has 1 amide bonds. The van der Waals surface area contributed by atoms with Gasteiger partial charge >= 0.3 is 0 Å². The number of benzene rings is 1. The van der Waals surface area contributed by atoms with Crippen molar-refractivity contribution in [3.05, 3.63) is 77.9 Å². The van der Waals surface area contributed by atoms with Gasteiger partial charge in [-0.2, -0.15) is 4.98 Å². The molecule has 1 unspecified atom stereocenters. The van der Waals surface area contributed by atoms with Gasteiger partial charge in [-0.3, -0.25) is 4.79 Å². The normalized spacial score (nSPS) is 16.1. The van der Waals surface area contributed by atoms with Crippen molar-refractivity contribution in [3.63, 3.8) is 0 Å². The molecule has 1 atom stereocenters. The Morgan fingerprint density at radius 2 is 2.00 bits per heavy atom. The van der Waals surface area contributed by atoms with E-state index in [1.807, 2.05) is 12.1 Å². The van der Waals surface area contributed by atoms with Crippen LogP contribution in [0.4, 0.5) is 5.69 Å². The maximum atomic E-state index is 13.2. The number of methoxy groups -OCH3 is 3. The number of nitrogens with one attached hydrogen (secondary N) is 1. The molecule has 0 saturated heterocycles. The number of rotatable bonds is 6. The summed E-state index contributed by atoms with van der Waals surface area (Å²) < 4.78 is 22.0. The van der Waals surface area contributed by atoms with Crippen molar-refractivity contribution in [2.45, 2.75) is 6.10 Å². The maximum Gasteiger partial charge on any atom is 0.258 e. The van der Waals surface area contributed by atoms with Crippen LogP contribution in [0.15, 0.2) is 82.3 Å². The topological polar surface area (TPSA) is 95.7 Å². The minimum Gasteiger partial charge on any atom is -0.497 e. The van der Waals surface area contributed by atoms with E-state index < -0.39 is 6.10 Å². The first kappa shape index (κ1) is 20.4. The van der Waals surface area contributed by atoms with Gasteiger partial charge in [0.2, 0.25) is 5.89 Å². The van der Waals surface area contributed by atoms with E-state index in [0.29, 0.717) is 45.5 Å². The number of hydrogen-bond acceptors (Lipinski definition) is 7. The molecule has 158 valence electrons. The molecular weight excluding hydrogens is 398 g/mol. The smallest absolute Gasteiger partial charge is 0.258 e. The number of carbonyl (C=O) groups excluding carboxylic acids is 1. The summed E-state index contributed by atoms with van der Waals surface area (Å²) in [5.74, 6) is 0.959. The van der Waals surface area contributed by atoms with Gasteiger partial charge in [0.15, 0.2) is 11.2 Å². The molecule has 0 fully saturated rings. The number of ether oxygens (including phenoxy) is 3. The second-order valence-corrected chi connectivity index (χ2v) is 6.63. The zero-order valence-corrected chi connectivity index (χ0v) is 17.3. The fourth-order valence-corrected chi connectivity index (χ4v) is 3.23. The highest BCUT2D eigenvalue weighted by atomic mass is 16.5. The Morgan fingerprint density at radius 1 is 1.13 bits per heavy atom. The molecule has 0 radical (unpaired) electrons. The van der Waals surface area contributed by atoms with E-state index in [0.717, 1.165) is 0 Å². The standard InChI is InChI=1S/C23H21N3O5/c1-28-16-9-10-17(29-2)20(19(13-16)30-3)22(27)25-15-7-4-6-14(12-15)23-26-21-18(31-23)8-5-11-24-21/h4-13,17H,1-3H3,(H,25,27). The van der Waals surface area contributed by atoms with Crippen LogP contribution in [0.25, 0.3) is 22.7 Å². The van der Waals surface area contributed by atoms with Crippen LogP contribution in [-0.4, -0.2) is 43.3 Å². The summed E-state index contributed by atoms with van der Waals surface area (Å²) >= 11 is 0. The average Bonchev–Trinajstić information content (AvgIpc) is 3.14. The minimum absolute atomic E-state index is 0.324. The number of aromatic nitrogens is 2. The van der Waals surface area contributed by atoms with Crippen LogP contribution in [0.3, 0.4) is 0 Å². The lowest BCUT2D eigenvalue weighted by atomic mass is 10.1. The van der Waals surface area contributed by atoms with Crippen molar-refractivity contribution in [2.24, 2.45) is 0 Å². The molecule has 8 heteroatoms. The Hall–Kier alpha value is -3.91. The summed E-state index contributed by atoms with van der Waals surface area (Å²) in [5.41, 5.74) is 2.72. The molecule has 1 aromatic carbocycles. The summed E-state index contributed by atoms with van der Waals surface area (Å²) in [6.45, 7) is 0. The van der Waals surface area contributed by atoms with Crippen LogP contribution >= 0.6 is 0 Å². The Balaban J connectivity index is 1.65. The lowest BCUT2D eigenvalue weighted by Crippen LogP contribution is -2.25. The fourth-order valence-electron chi connectivity index (χ4n) is 3.23. The lowest BCUT2D eigenvalue weighted by molar-refractivity contribution is -0.114. The molecule has 2 aromatic heterocycles. The quantitative estimate of drug-likeness (QED) is 0.648. The number of fused-ring (bicyclic) bond motifs is 1. The Labute approximate surface area is 178 Å². The van der Waals surface area contributed by atoms with Gasteiger partial charge in [-0.15, -0.1) is 0 Å². The van der Waals surface area contributed by atoms with E-state index in [2.05, 4.69) is 15.3 Å². The third kappa shape index (κ3) is 4.19. The van der Waals surface area contributed by atoms with Crippen LogP contribution in [0.5, 0.6) is 0 Å². The number of hydrogen-bond donors (Lipinski definition) is 1. The fraction of sp³-hybridized carbons (Fsp3) is 0.174. The van der Waals surface area contributed by atoms with E-state index in [1.54, 1.807) is 55.8 Å². The van der Waals surface area contributed by atoms with E-state index >= 15 is 0 Å². The van der Waals surface area contributed by atoms with Crippen LogP contribution in [0.2, 0.25) is 0 Å². The highest BCUT2D eigenvalue weighted by Crippen LogP contribution is 2.27. The van der Waals surface area contributed by atoms with Gasteiger partial charge in [0, 0.05) is 30.6 Å². The first-order valence-electron chi connectivity index (χ1n) is 9.51. The molecule has 8 nitrogen and oxygen atoms in total. The first-order chi connectivity index (χ1) is 15.1. The van der Waals surface area contributed by atoms with E-state index in [-0.39, 0.29) is 5.91 Å². The maximum absolute atomic E-state index is 13.2. The number of carbonyl (C=O) groups is 1. The molecule has 31 heavy (non-hydrogen) atoms. The van der Waals surface area contributed by atoms with Gasteiger partial charge in [0.1, 0.15) is 17.6 Å². The minimum atomic E-state index is -0.606. The predicted octanol–water partition coefficient (Wildman–Crippen LogP) is 3.84. The second-order valence-electron chi connectivity index (χ2n) is 6.63. The molecule has 4 rings (SSSR count). The van der Waals surface area contributed by atoms with Crippen molar-refractivity contribution in [1.29, 1.82) is 0 Å².